The van der Waals surface area contributed by atoms with E-state index in [-0.39, 0.29) is 17.9 Å². The van der Waals surface area contributed by atoms with E-state index in [1.165, 1.54) is 0 Å². The normalized spacial score (nSPS) is 37.0. The van der Waals surface area contributed by atoms with Crippen molar-refractivity contribution in [3.05, 3.63) is 0 Å². The predicted octanol–water partition coefficient (Wildman–Crippen LogP) is 0.425. The number of hydrogen-bond acceptors (Lipinski definition) is 3. The molecule has 0 bridgehead atoms. The van der Waals surface area contributed by atoms with Gasteiger partial charge in [0, 0.05) is 18.9 Å². The fourth-order valence-corrected chi connectivity index (χ4v) is 1.67. The average Bonchev–Trinajstić information content (AvgIpc) is 2.45. The van der Waals surface area contributed by atoms with Crippen LogP contribution in [0.4, 0.5) is 0 Å². The van der Waals surface area contributed by atoms with E-state index in [1.54, 1.807) is 7.11 Å². The zero-order valence-corrected chi connectivity index (χ0v) is 6.53. The minimum atomic E-state index is -0.176. The Labute approximate surface area is 65.7 Å². The van der Waals surface area contributed by atoms with Crippen molar-refractivity contribution in [2.75, 3.05) is 7.11 Å². The van der Waals surface area contributed by atoms with Crippen LogP contribution in [0.5, 0.6) is 0 Å². The molecule has 0 saturated heterocycles. The Morgan fingerprint density at radius 3 is 1.91 bits per heavy atom. The van der Waals surface area contributed by atoms with Gasteiger partial charge in [-0.2, -0.15) is 0 Å². The average molecular weight is 156 g/mol. The van der Waals surface area contributed by atoms with Crippen LogP contribution in [-0.4, -0.2) is 25.8 Å². The minimum absolute atomic E-state index is 0.0739. The summed E-state index contributed by atoms with van der Waals surface area (Å²) in [5, 5.41) is 0. The van der Waals surface area contributed by atoms with Crippen LogP contribution >= 0.6 is 0 Å². The van der Waals surface area contributed by atoms with Gasteiger partial charge < -0.3 is 14.3 Å². The summed E-state index contributed by atoms with van der Waals surface area (Å²) < 4.78 is 5.06. The van der Waals surface area contributed by atoms with Gasteiger partial charge in [-0.3, -0.25) is 0 Å². The molecule has 0 aromatic carbocycles. The standard InChI is InChI=1S/C8H12O3/c1-11-8-6(4-9)2-3-7(8)5-10/h4-8H,2-3H2,1H3. The van der Waals surface area contributed by atoms with Crippen molar-refractivity contribution in [2.24, 2.45) is 11.8 Å². The number of hydrogen-bond donors (Lipinski definition) is 0. The monoisotopic (exact) mass is 156 g/mol. The predicted molar refractivity (Wildman–Crippen MR) is 39.1 cm³/mol. The van der Waals surface area contributed by atoms with Crippen molar-refractivity contribution in [2.45, 2.75) is 18.9 Å². The largest absolute Gasteiger partial charge is 0.380 e. The maximum Gasteiger partial charge on any atom is 0.125 e. The van der Waals surface area contributed by atoms with Gasteiger partial charge in [0.2, 0.25) is 0 Å². The summed E-state index contributed by atoms with van der Waals surface area (Å²) in [6.07, 6.45) is 3.16. The third-order valence-corrected chi connectivity index (χ3v) is 2.30. The van der Waals surface area contributed by atoms with Gasteiger partial charge in [-0.25, -0.2) is 0 Å². The maximum atomic E-state index is 10.4. The van der Waals surface area contributed by atoms with Crippen molar-refractivity contribution in [3.8, 4) is 0 Å². The summed E-state index contributed by atoms with van der Waals surface area (Å²) in [6, 6.07) is 0. The van der Waals surface area contributed by atoms with Gasteiger partial charge in [0.05, 0.1) is 6.10 Å². The molecule has 3 nitrogen and oxygen atoms in total. The molecule has 1 rings (SSSR count). The molecule has 62 valence electrons. The number of rotatable bonds is 3. The van der Waals surface area contributed by atoms with Crippen LogP contribution in [-0.2, 0) is 14.3 Å². The van der Waals surface area contributed by atoms with Gasteiger partial charge in [0.1, 0.15) is 12.6 Å². The van der Waals surface area contributed by atoms with Crippen molar-refractivity contribution in [3.63, 3.8) is 0 Å². The zero-order chi connectivity index (χ0) is 8.27. The molecule has 0 amide bonds. The van der Waals surface area contributed by atoms with Gasteiger partial charge in [0.15, 0.2) is 0 Å². The van der Waals surface area contributed by atoms with Crippen LogP contribution in [0.3, 0.4) is 0 Å². The summed E-state index contributed by atoms with van der Waals surface area (Å²) in [5.74, 6) is -0.148. The summed E-state index contributed by atoms with van der Waals surface area (Å²) in [4.78, 5) is 20.9. The van der Waals surface area contributed by atoms with Crippen LogP contribution in [0.2, 0.25) is 0 Å². The third kappa shape index (κ3) is 1.48. The lowest BCUT2D eigenvalue weighted by Crippen LogP contribution is -2.25. The second-order valence-corrected chi connectivity index (χ2v) is 2.88. The van der Waals surface area contributed by atoms with E-state index in [9.17, 15) is 9.59 Å². The van der Waals surface area contributed by atoms with Crippen molar-refractivity contribution in [1.29, 1.82) is 0 Å². The van der Waals surface area contributed by atoms with Gasteiger partial charge in [-0.15, -0.1) is 0 Å². The van der Waals surface area contributed by atoms with E-state index in [0.717, 1.165) is 25.4 Å². The Bertz CT molecular complexity index is 139. The molecule has 2 unspecified atom stereocenters. The van der Waals surface area contributed by atoms with E-state index in [2.05, 4.69) is 0 Å². The van der Waals surface area contributed by atoms with Crippen LogP contribution in [0.25, 0.3) is 0 Å². The van der Waals surface area contributed by atoms with Crippen molar-refractivity contribution in [1.82, 2.24) is 0 Å². The quantitative estimate of drug-likeness (QED) is 0.556. The Morgan fingerprint density at radius 2 is 1.64 bits per heavy atom. The van der Waals surface area contributed by atoms with Gasteiger partial charge in [-0.1, -0.05) is 0 Å². The van der Waals surface area contributed by atoms with E-state index in [4.69, 9.17) is 4.74 Å². The lowest BCUT2D eigenvalue weighted by molar-refractivity contribution is -0.118. The van der Waals surface area contributed by atoms with E-state index < -0.39 is 0 Å². The molecule has 1 fully saturated rings. The lowest BCUT2D eigenvalue weighted by atomic mass is 10.0. The molecule has 1 saturated carbocycles. The molecular weight excluding hydrogens is 144 g/mol. The van der Waals surface area contributed by atoms with E-state index >= 15 is 0 Å². The van der Waals surface area contributed by atoms with Crippen LogP contribution in [0, 0.1) is 11.8 Å². The fourth-order valence-electron chi connectivity index (χ4n) is 1.67. The van der Waals surface area contributed by atoms with Gasteiger partial charge >= 0.3 is 0 Å². The molecule has 0 spiro atoms. The Balaban J connectivity index is 2.61. The van der Waals surface area contributed by atoms with Crippen LogP contribution < -0.4 is 0 Å². The molecule has 0 radical (unpaired) electrons. The van der Waals surface area contributed by atoms with Crippen molar-refractivity contribution >= 4 is 12.6 Å². The molecule has 1 aliphatic rings. The number of carbonyl (C=O) groups is 2. The number of carbonyl (C=O) groups excluding carboxylic acids is 2. The first-order valence-corrected chi connectivity index (χ1v) is 3.77. The molecule has 0 aromatic heterocycles. The molecule has 3 heteroatoms. The highest BCUT2D eigenvalue weighted by molar-refractivity contribution is 5.61. The number of ether oxygens (including phenoxy) is 1. The Morgan fingerprint density at radius 1 is 1.18 bits per heavy atom. The molecule has 0 N–H and O–H groups in total. The van der Waals surface area contributed by atoms with Gasteiger partial charge in [-0.05, 0) is 12.8 Å². The topological polar surface area (TPSA) is 43.4 Å². The molecule has 11 heavy (non-hydrogen) atoms. The summed E-state index contributed by atoms with van der Waals surface area (Å²) in [7, 11) is 1.54. The molecule has 0 aliphatic heterocycles. The molecular formula is C8H12O3. The molecule has 1 aliphatic carbocycles. The summed E-state index contributed by atoms with van der Waals surface area (Å²) in [5.41, 5.74) is 0. The highest BCUT2D eigenvalue weighted by Gasteiger charge is 2.35. The van der Waals surface area contributed by atoms with Crippen LogP contribution in [0.1, 0.15) is 12.8 Å². The molecule has 0 aromatic rings. The first-order valence-electron chi connectivity index (χ1n) is 3.77. The first kappa shape index (κ1) is 8.40. The smallest absolute Gasteiger partial charge is 0.125 e. The second kappa shape index (κ2) is 3.62. The minimum Gasteiger partial charge on any atom is -0.380 e. The highest BCUT2D eigenvalue weighted by Crippen LogP contribution is 2.30. The Hall–Kier alpha value is -0.700. The lowest BCUT2D eigenvalue weighted by Gasteiger charge is -2.15. The number of methoxy groups -OCH3 is 1. The third-order valence-electron chi connectivity index (χ3n) is 2.30. The first-order chi connectivity index (χ1) is 5.33. The fraction of sp³-hybridized carbons (Fsp3) is 0.750. The van der Waals surface area contributed by atoms with Crippen molar-refractivity contribution < 1.29 is 14.3 Å². The Kier molecular flexibility index (Phi) is 2.76. The summed E-state index contributed by atoms with van der Waals surface area (Å²) >= 11 is 0. The maximum absolute atomic E-state index is 10.4. The SMILES string of the molecule is COC1C(C=O)CCC1C=O. The van der Waals surface area contributed by atoms with E-state index in [1.807, 2.05) is 0 Å². The molecule has 0 heterocycles. The molecule has 2 atom stereocenters. The number of aldehydes is 2. The highest BCUT2D eigenvalue weighted by atomic mass is 16.5. The van der Waals surface area contributed by atoms with E-state index in [0.29, 0.717) is 0 Å². The zero-order valence-electron chi connectivity index (χ0n) is 6.53. The summed E-state index contributed by atoms with van der Waals surface area (Å²) in [6.45, 7) is 0. The van der Waals surface area contributed by atoms with Gasteiger partial charge in [0.25, 0.3) is 0 Å². The van der Waals surface area contributed by atoms with Crippen LogP contribution in [0.15, 0.2) is 0 Å². The second-order valence-electron chi connectivity index (χ2n) is 2.88.